The summed E-state index contributed by atoms with van der Waals surface area (Å²) in [4.78, 5) is 13.0. The van der Waals surface area contributed by atoms with Gasteiger partial charge in [0.05, 0.1) is 25.1 Å². The maximum atomic E-state index is 6.28. The van der Waals surface area contributed by atoms with E-state index in [1.165, 1.54) is 6.33 Å². The molecule has 0 saturated carbocycles. The molecule has 0 N–H and O–H groups in total. The zero-order valence-corrected chi connectivity index (χ0v) is 12.3. The maximum absolute atomic E-state index is 6.28. The van der Waals surface area contributed by atoms with Crippen molar-refractivity contribution in [2.24, 2.45) is 0 Å². The van der Waals surface area contributed by atoms with E-state index < -0.39 is 0 Å². The molecule has 1 aliphatic rings. The Labute approximate surface area is 122 Å². The average Bonchev–Trinajstić information content (AvgIpc) is 2.87. The second kappa shape index (κ2) is 5.54. The highest BCUT2D eigenvalue weighted by Crippen LogP contribution is 2.32. The van der Waals surface area contributed by atoms with Gasteiger partial charge in [0.1, 0.15) is 12.2 Å². The van der Waals surface area contributed by atoms with Crippen molar-refractivity contribution >= 4 is 22.8 Å². The largest absolute Gasteiger partial charge is 0.479 e. The maximum Gasteiger partial charge on any atom is 0.245 e. The second-order valence-electron chi connectivity index (χ2n) is 4.88. The quantitative estimate of drug-likeness (QED) is 0.814. The van der Waals surface area contributed by atoms with Gasteiger partial charge < -0.3 is 14.0 Å². The van der Waals surface area contributed by atoms with Crippen molar-refractivity contribution in [2.75, 3.05) is 20.3 Å². The summed E-state index contributed by atoms with van der Waals surface area (Å²) in [6, 6.07) is 0.213. The fraction of sp³-hybridized carbons (Fsp3) is 0.615. The summed E-state index contributed by atoms with van der Waals surface area (Å²) < 4.78 is 12.9. The van der Waals surface area contributed by atoms with Gasteiger partial charge in [-0.2, -0.15) is 4.98 Å². The number of halogens is 1. The number of fused-ring (bicyclic) bond motifs is 1. The van der Waals surface area contributed by atoms with Crippen LogP contribution >= 0.6 is 11.6 Å². The fourth-order valence-corrected chi connectivity index (χ4v) is 2.78. The van der Waals surface area contributed by atoms with E-state index in [1.54, 1.807) is 7.11 Å². The topological polar surface area (TPSA) is 62.1 Å². The molecule has 1 fully saturated rings. The van der Waals surface area contributed by atoms with Crippen LogP contribution in [-0.4, -0.2) is 39.8 Å². The number of hydrogen-bond acceptors (Lipinski definition) is 5. The molecule has 3 rings (SSSR count). The number of imidazole rings is 1. The molecule has 2 unspecified atom stereocenters. The van der Waals surface area contributed by atoms with Crippen LogP contribution in [0.1, 0.15) is 37.0 Å². The van der Waals surface area contributed by atoms with Crippen LogP contribution in [0.15, 0.2) is 6.33 Å². The lowest BCUT2D eigenvalue weighted by Crippen LogP contribution is -2.23. The standard InChI is InChI=1S/C13H17ClN4O2/c1-8(14)11-17-10-12(15-7-16-13(10)19-2)18(11)9-4-3-5-20-6-9/h7-9H,3-6H2,1-2H3. The molecular formula is C13H17ClN4O2. The molecule has 7 heteroatoms. The Kier molecular flexibility index (Phi) is 3.76. The molecule has 1 aliphatic heterocycles. The van der Waals surface area contributed by atoms with Gasteiger partial charge in [-0.25, -0.2) is 9.97 Å². The van der Waals surface area contributed by atoms with Gasteiger partial charge in [0.2, 0.25) is 5.88 Å². The third kappa shape index (κ3) is 2.23. The van der Waals surface area contributed by atoms with Crippen LogP contribution in [0.2, 0.25) is 0 Å². The van der Waals surface area contributed by atoms with Crippen LogP contribution in [-0.2, 0) is 4.74 Å². The third-order valence-corrected chi connectivity index (χ3v) is 3.72. The van der Waals surface area contributed by atoms with Crippen molar-refractivity contribution < 1.29 is 9.47 Å². The van der Waals surface area contributed by atoms with Gasteiger partial charge in [-0.05, 0) is 19.8 Å². The van der Waals surface area contributed by atoms with Gasteiger partial charge in [-0.3, -0.25) is 0 Å². The van der Waals surface area contributed by atoms with Crippen LogP contribution in [0.3, 0.4) is 0 Å². The predicted molar refractivity (Wildman–Crippen MR) is 75.2 cm³/mol. The molecule has 2 atom stereocenters. The lowest BCUT2D eigenvalue weighted by atomic mass is 10.1. The van der Waals surface area contributed by atoms with E-state index in [-0.39, 0.29) is 11.4 Å². The number of ether oxygens (including phenoxy) is 2. The van der Waals surface area contributed by atoms with E-state index in [4.69, 9.17) is 21.1 Å². The molecule has 1 saturated heterocycles. The average molecular weight is 297 g/mol. The zero-order chi connectivity index (χ0) is 14.1. The number of alkyl halides is 1. The number of nitrogens with zero attached hydrogens (tertiary/aromatic N) is 4. The Hall–Kier alpha value is -1.40. The van der Waals surface area contributed by atoms with E-state index in [0.29, 0.717) is 18.0 Å². The number of rotatable bonds is 3. The summed E-state index contributed by atoms with van der Waals surface area (Å²) in [6.45, 7) is 3.38. The molecule has 0 radical (unpaired) electrons. The van der Waals surface area contributed by atoms with Crippen LogP contribution in [0, 0.1) is 0 Å². The van der Waals surface area contributed by atoms with Crippen LogP contribution in [0.4, 0.5) is 0 Å². The van der Waals surface area contributed by atoms with Gasteiger partial charge in [0, 0.05) is 6.61 Å². The summed E-state index contributed by atoms with van der Waals surface area (Å²) in [5.74, 6) is 1.26. The van der Waals surface area contributed by atoms with E-state index in [9.17, 15) is 0 Å². The molecule has 0 bridgehead atoms. The molecule has 0 amide bonds. The van der Waals surface area contributed by atoms with Crippen LogP contribution < -0.4 is 4.74 Å². The first-order valence-corrected chi connectivity index (χ1v) is 7.14. The number of methoxy groups -OCH3 is 1. The minimum Gasteiger partial charge on any atom is -0.479 e. The Bertz CT molecular complexity index is 608. The molecule has 2 aromatic heterocycles. The Morgan fingerprint density at radius 3 is 3.00 bits per heavy atom. The van der Waals surface area contributed by atoms with Gasteiger partial charge in [0.15, 0.2) is 11.2 Å². The third-order valence-electron chi connectivity index (χ3n) is 3.52. The molecular weight excluding hydrogens is 280 g/mol. The first kappa shape index (κ1) is 13.6. The molecule has 108 valence electrons. The molecule has 2 aromatic rings. The summed E-state index contributed by atoms with van der Waals surface area (Å²) in [6.07, 6.45) is 3.56. The van der Waals surface area contributed by atoms with Crippen molar-refractivity contribution in [3.8, 4) is 5.88 Å². The van der Waals surface area contributed by atoms with Crippen molar-refractivity contribution in [3.05, 3.63) is 12.2 Å². The van der Waals surface area contributed by atoms with Crippen molar-refractivity contribution in [1.29, 1.82) is 0 Å². The van der Waals surface area contributed by atoms with Crippen molar-refractivity contribution in [2.45, 2.75) is 31.2 Å². The normalized spacial score (nSPS) is 21.1. The van der Waals surface area contributed by atoms with E-state index in [2.05, 4.69) is 19.5 Å². The van der Waals surface area contributed by atoms with Gasteiger partial charge in [-0.1, -0.05) is 0 Å². The Morgan fingerprint density at radius 1 is 1.50 bits per heavy atom. The Balaban J connectivity index is 2.18. The smallest absolute Gasteiger partial charge is 0.245 e. The van der Waals surface area contributed by atoms with Crippen LogP contribution in [0.25, 0.3) is 11.2 Å². The van der Waals surface area contributed by atoms with E-state index in [1.807, 2.05) is 6.92 Å². The highest BCUT2D eigenvalue weighted by atomic mass is 35.5. The number of aromatic nitrogens is 4. The second-order valence-corrected chi connectivity index (χ2v) is 5.54. The van der Waals surface area contributed by atoms with Crippen molar-refractivity contribution in [3.63, 3.8) is 0 Å². The Morgan fingerprint density at radius 2 is 2.35 bits per heavy atom. The SMILES string of the molecule is COc1ncnc2c1nc(C(C)Cl)n2C1CCCOC1. The molecule has 0 spiro atoms. The van der Waals surface area contributed by atoms with Crippen molar-refractivity contribution in [1.82, 2.24) is 19.5 Å². The minimum atomic E-state index is -0.212. The highest BCUT2D eigenvalue weighted by Gasteiger charge is 2.26. The fourth-order valence-electron chi connectivity index (χ4n) is 2.62. The van der Waals surface area contributed by atoms with E-state index in [0.717, 1.165) is 30.9 Å². The summed E-state index contributed by atoms with van der Waals surface area (Å²) >= 11 is 6.28. The van der Waals surface area contributed by atoms with E-state index >= 15 is 0 Å². The van der Waals surface area contributed by atoms with Gasteiger partial charge >= 0.3 is 0 Å². The van der Waals surface area contributed by atoms with Gasteiger partial charge in [-0.15, -0.1) is 11.6 Å². The summed E-state index contributed by atoms with van der Waals surface area (Å²) in [7, 11) is 1.58. The predicted octanol–water partition coefficient (Wildman–Crippen LogP) is 2.49. The zero-order valence-electron chi connectivity index (χ0n) is 11.5. The van der Waals surface area contributed by atoms with Gasteiger partial charge in [0.25, 0.3) is 0 Å². The summed E-state index contributed by atoms with van der Waals surface area (Å²) in [5.41, 5.74) is 1.41. The highest BCUT2D eigenvalue weighted by molar-refractivity contribution is 6.20. The molecule has 0 aliphatic carbocycles. The lowest BCUT2D eigenvalue weighted by molar-refractivity contribution is 0.0593. The molecule has 6 nitrogen and oxygen atoms in total. The first-order chi connectivity index (χ1) is 9.72. The van der Waals surface area contributed by atoms with Crippen LogP contribution in [0.5, 0.6) is 5.88 Å². The number of hydrogen-bond donors (Lipinski definition) is 0. The minimum absolute atomic E-state index is 0.212. The monoisotopic (exact) mass is 296 g/mol. The molecule has 3 heterocycles. The first-order valence-electron chi connectivity index (χ1n) is 6.71. The summed E-state index contributed by atoms with van der Waals surface area (Å²) in [5, 5.41) is -0.212. The lowest BCUT2D eigenvalue weighted by Gasteiger charge is -2.25. The molecule has 0 aromatic carbocycles. The molecule has 20 heavy (non-hydrogen) atoms.